The van der Waals surface area contributed by atoms with E-state index < -0.39 is 0 Å². The molecule has 0 aromatic carbocycles. The van der Waals surface area contributed by atoms with Crippen molar-refractivity contribution in [3.8, 4) is 0 Å². The first-order valence-electron chi connectivity index (χ1n) is 1.94. The molecule has 0 bridgehead atoms. The van der Waals surface area contributed by atoms with E-state index in [2.05, 4.69) is 10.1 Å². The normalized spacial score (nSPS) is 8.88. The smallest absolute Gasteiger partial charge is 0.113 e. The lowest BCUT2D eigenvalue weighted by atomic mass is 10.9. The molecule has 0 fully saturated rings. The minimum Gasteiger partial charge on any atom is -0.221 e. The highest BCUT2D eigenvalue weighted by atomic mass is 28.1. The number of azide groups is 1. The lowest BCUT2D eigenvalue weighted by Crippen LogP contribution is -2.25. The van der Waals surface area contributed by atoms with Gasteiger partial charge in [-0.15, -0.1) is 0 Å². The zero-order valence-corrected chi connectivity index (χ0v) is 4.79. The van der Waals surface area contributed by atoms with E-state index >= 15 is 0 Å². The third kappa shape index (κ3) is 9.09. The first-order chi connectivity index (χ1) is 3.06. The van der Waals surface area contributed by atoms with E-state index in [0.29, 0.717) is 4.59 Å². The molecule has 0 N–H and O–H groups in total. The van der Waals surface area contributed by atoms with Gasteiger partial charge < -0.3 is 0 Å². The molecule has 0 aliphatic rings. The predicted octanol–water partition coefficient (Wildman–Crippen LogP) is -0.534. The van der Waals surface area contributed by atoms with Crippen molar-refractivity contribution in [2.75, 3.05) is 21.1 Å². The first kappa shape index (κ1) is 10.5. The fraction of sp³-hybridized carbons (Fsp3) is 1.00. The van der Waals surface area contributed by atoms with Crippen LogP contribution in [-0.2, 0) is 0 Å². The van der Waals surface area contributed by atoms with Gasteiger partial charge in [-0.05, 0) is 11.0 Å². The van der Waals surface area contributed by atoms with Gasteiger partial charge in [0.1, 0.15) is 5.22 Å². The molecule has 0 spiro atoms. The van der Waals surface area contributed by atoms with Crippen LogP contribution in [0.25, 0.3) is 10.4 Å². The fourth-order valence-corrected chi connectivity index (χ4v) is 0.120. The molecule has 0 aliphatic carbocycles. The maximum atomic E-state index is 7.84. The van der Waals surface area contributed by atoms with Crippen LogP contribution in [0.5, 0.6) is 0 Å². The molecule has 0 aromatic rings. The Labute approximate surface area is 53.3 Å². The van der Waals surface area contributed by atoms with E-state index in [4.69, 9.17) is 5.53 Å². The van der Waals surface area contributed by atoms with Crippen LogP contribution in [0.2, 0.25) is 0 Å². The molecule has 0 heterocycles. The Bertz CT molecular complexity index is 98.3. The summed E-state index contributed by atoms with van der Waals surface area (Å²) in [5, 5.41) is 3.38. The standard InChI is InChI=1S/C3H9N4.H4Si/c1-7(2,3)6-5-4;/h1-3H3;1H4/q+1;. The number of rotatable bonds is 1. The van der Waals surface area contributed by atoms with Crippen molar-refractivity contribution in [3.05, 3.63) is 10.4 Å². The second kappa shape index (κ2) is 3.48. The predicted molar refractivity (Wildman–Crippen MR) is 38.5 cm³/mol. The van der Waals surface area contributed by atoms with Crippen molar-refractivity contribution in [1.82, 2.24) is 0 Å². The van der Waals surface area contributed by atoms with Gasteiger partial charge in [-0.3, -0.25) is 0 Å². The average Bonchev–Trinajstić information content (AvgIpc) is 1.30. The molecule has 4 nitrogen and oxygen atoms in total. The number of quaternary nitrogens is 1. The van der Waals surface area contributed by atoms with E-state index in [9.17, 15) is 0 Å². The molecule has 0 radical (unpaired) electrons. The number of hydrogen-bond acceptors (Lipinski definition) is 1. The summed E-state index contributed by atoms with van der Waals surface area (Å²) in [6.45, 7) is 0. The van der Waals surface area contributed by atoms with Crippen molar-refractivity contribution in [2.24, 2.45) is 5.22 Å². The minimum atomic E-state index is 0. The Kier molecular flexibility index (Phi) is 4.56. The summed E-state index contributed by atoms with van der Waals surface area (Å²) in [6.07, 6.45) is 0. The molecule has 0 aromatic heterocycles. The number of nitrogens with zero attached hydrogens (tertiary/aromatic N) is 4. The Morgan fingerprint density at radius 3 is 1.75 bits per heavy atom. The van der Waals surface area contributed by atoms with Gasteiger partial charge in [-0.25, -0.2) is 4.59 Å². The molecule has 0 atom stereocenters. The van der Waals surface area contributed by atoms with E-state index in [1.165, 1.54) is 0 Å². The molecule has 8 heavy (non-hydrogen) atoms. The molecular weight excluding hydrogens is 120 g/mol. The Hall–Kier alpha value is -0.513. The summed E-state index contributed by atoms with van der Waals surface area (Å²) >= 11 is 0. The van der Waals surface area contributed by atoms with E-state index in [0.717, 1.165) is 0 Å². The highest BCUT2D eigenvalue weighted by Gasteiger charge is 1.99. The highest BCUT2D eigenvalue weighted by molar-refractivity contribution is 5.75. The third-order valence-corrected chi connectivity index (χ3v) is 0.308. The van der Waals surface area contributed by atoms with Crippen LogP contribution in [0, 0.1) is 0 Å². The van der Waals surface area contributed by atoms with Gasteiger partial charge in [0.15, 0.2) is 0 Å². The highest BCUT2D eigenvalue weighted by Crippen LogP contribution is 1.88. The molecule has 0 amide bonds. The van der Waals surface area contributed by atoms with Crippen LogP contribution in [0.4, 0.5) is 0 Å². The summed E-state index contributed by atoms with van der Waals surface area (Å²) in [5.74, 6) is 0. The first-order valence-corrected chi connectivity index (χ1v) is 1.94. The maximum Gasteiger partial charge on any atom is 0.113 e. The largest absolute Gasteiger partial charge is 0.221 e. The van der Waals surface area contributed by atoms with E-state index in [1.54, 1.807) is 21.1 Å². The van der Waals surface area contributed by atoms with Crippen LogP contribution in [0.3, 0.4) is 0 Å². The molecule has 0 saturated carbocycles. The molecule has 5 heteroatoms. The van der Waals surface area contributed by atoms with Crippen molar-refractivity contribution < 1.29 is 4.59 Å². The topological polar surface area (TPSA) is 48.8 Å². The molecule has 48 valence electrons. The quantitative estimate of drug-likeness (QED) is 0.115. The van der Waals surface area contributed by atoms with Crippen molar-refractivity contribution in [1.29, 1.82) is 0 Å². The molecule has 0 saturated heterocycles. The minimum absolute atomic E-state index is 0. The Morgan fingerprint density at radius 2 is 1.75 bits per heavy atom. The summed E-state index contributed by atoms with van der Waals surface area (Å²) in [7, 11) is 5.37. The van der Waals surface area contributed by atoms with Crippen LogP contribution >= 0.6 is 0 Å². The number of hydrogen-bond donors (Lipinski definition) is 0. The van der Waals surface area contributed by atoms with Crippen molar-refractivity contribution >= 4 is 11.0 Å². The van der Waals surface area contributed by atoms with Crippen LogP contribution < -0.4 is 0 Å². The van der Waals surface area contributed by atoms with Crippen LogP contribution in [0.1, 0.15) is 0 Å². The molecule has 0 rings (SSSR count). The van der Waals surface area contributed by atoms with E-state index in [-0.39, 0.29) is 11.0 Å². The molecule has 0 aliphatic heterocycles. The van der Waals surface area contributed by atoms with Crippen LogP contribution in [0.15, 0.2) is 5.22 Å². The molecule has 0 unspecified atom stereocenters. The average molecular weight is 133 g/mol. The Balaban J connectivity index is 0. The summed E-state index contributed by atoms with van der Waals surface area (Å²) in [6, 6.07) is 0. The monoisotopic (exact) mass is 133 g/mol. The zero-order chi connectivity index (χ0) is 5.91. The van der Waals surface area contributed by atoms with Gasteiger partial charge in [0.2, 0.25) is 0 Å². The van der Waals surface area contributed by atoms with Gasteiger partial charge in [-0.1, -0.05) is 0 Å². The zero-order valence-electron chi connectivity index (χ0n) is 4.79. The second-order valence-corrected chi connectivity index (χ2v) is 2.12. The summed E-state index contributed by atoms with van der Waals surface area (Å²) in [5.41, 5.74) is 7.84. The third-order valence-electron chi connectivity index (χ3n) is 0.308. The SMILES string of the molecule is C[N+](C)(C)N=[N+]=[N-].[SiH4]. The van der Waals surface area contributed by atoms with Crippen molar-refractivity contribution in [2.45, 2.75) is 0 Å². The fourth-order valence-electron chi connectivity index (χ4n) is 0.120. The second-order valence-electron chi connectivity index (χ2n) is 2.12. The van der Waals surface area contributed by atoms with Gasteiger partial charge in [-0.2, -0.15) is 0 Å². The van der Waals surface area contributed by atoms with Gasteiger partial charge in [0.05, 0.1) is 26.1 Å². The van der Waals surface area contributed by atoms with Crippen molar-refractivity contribution in [3.63, 3.8) is 0 Å². The van der Waals surface area contributed by atoms with Gasteiger partial charge in [0.25, 0.3) is 0 Å². The lowest BCUT2D eigenvalue weighted by molar-refractivity contribution is -0.879. The van der Waals surface area contributed by atoms with Crippen LogP contribution in [-0.4, -0.2) is 36.7 Å². The van der Waals surface area contributed by atoms with Gasteiger partial charge >= 0.3 is 0 Å². The summed E-state index contributed by atoms with van der Waals surface area (Å²) < 4.78 is 0.302. The van der Waals surface area contributed by atoms with Gasteiger partial charge in [0, 0.05) is 5.53 Å². The Morgan fingerprint density at radius 1 is 1.38 bits per heavy atom. The van der Waals surface area contributed by atoms with E-state index in [1.807, 2.05) is 0 Å². The maximum absolute atomic E-state index is 7.84. The molecular formula is C3H13N4Si+. The summed E-state index contributed by atoms with van der Waals surface area (Å²) in [4.78, 5) is 2.60. The lowest BCUT2D eigenvalue weighted by Gasteiger charge is -2.10.